The third-order valence-corrected chi connectivity index (χ3v) is 6.62. The van der Waals surface area contributed by atoms with Gasteiger partial charge in [-0.05, 0) is 40.5 Å². The molecule has 0 unspecified atom stereocenters. The molecule has 0 spiro atoms. The van der Waals surface area contributed by atoms with Crippen molar-refractivity contribution in [2.24, 2.45) is 0 Å². The Morgan fingerprint density at radius 2 is 1.47 bits per heavy atom. The van der Waals surface area contributed by atoms with Gasteiger partial charge < -0.3 is 4.57 Å². The molecule has 0 amide bonds. The van der Waals surface area contributed by atoms with Crippen LogP contribution in [0.5, 0.6) is 0 Å². The Balaban J connectivity index is 1.87. The summed E-state index contributed by atoms with van der Waals surface area (Å²) in [5.41, 5.74) is 9.14. The lowest BCUT2D eigenvalue weighted by atomic mass is 9.81. The van der Waals surface area contributed by atoms with Crippen LogP contribution in [-0.4, -0.2) is 4.57 Å². The maximum Gasteiger partial charge on any atom is 0.101 e. The lowest BCUT2D eigenvalue weighted by molar-refractivity contribution is 0.664. The fourth-order valence-electron chi connectivity index (χ4n) is 5.33. The molecule has 2 heteroatoms. The molecule has 1 heterocycles. The Hall–Kier alpha value is -3.83. The van der Waals surface area contributed by atoms with E-state index in [0.717, 1.165) is 11.2 Å². The molecule has 142 valence electrons. The molecule has 0 aliphatic heterocycles. The highest BCUT2D eigenvalue weighted by molar-refractivity contribution is 6.13. The molecule has 0 saturated carbocycles. The van der Waals surface area contributed by atoms with E-state index in [4.69, 9.17) is 0 Å². The van der Waals surface area contributed by atoms with E-state index in [1.165, 1.54) is 38.5 Å². The van der Waals surface area contributed by atoms with E-state index < -0.39 is 0 Å². The monoisotopic (exact) mass is 384 g/mol. The Kier molecular flexibility index (Phi) is 3.32. The van der Waals surface area contributed by atoms with E-state index in [2.05, 4.69) is 91.2 Å². The van der Waals surface area contributed by atoms with E-state index in [-0.39, 0.29) is 5.41 Å². The molecular formula is C28H20N2. The molecule has 30 heavy (non-hydrogen) atoms. The normalized spacial score (nSPS) is 13.9. The maximum atomic E-state index is 9.84. The summed E-state index contributed by atoms with van der Waals surface area (Å²) in [5.74, 6) is 0. The van der Waals surface area contributed by atoms with Crippen LogP contribution in [0.25, 0.3) is 38.6 Å². The molecule has 6 rings (SSSR count). The van der Waals surface area contributed by atoms with Crippen molar-refractivity contribution in [2.45, 2.75) is 19.3 Å². The third-order valence-electron chi connectivity index (χ3n) is 6.62. The first-order chi connectivity index (χ1) is 14.6. The van der Waals surface area contributed by atoms with Crippen molar-refractivity contribution in [1.82, 2.24) is 4.57 Å². The van der Waals surface area contributed by atoms with Crippen LogP contribution in [0.1, 0.15) is 30.5 Å². The first-order valence-electron chi connectivity index (χ1n) is 10.3. The predicted octanol–water partition coefficient (Wildman–Crippen LogP) is 6.96. The number of nitrogens with zero attached hydrogens (tertiary/aromatic N) is 2. The second kappa shape index (κ2) is 5.84. The van der Waals surface area contributed by atoms with Crippen LogP contribution in [0.2, 0.25) is 0 Å². The van der Waals surface area contributed by atoms with Gasteiger partial charge in [0, 0.05) is 16.2 Å². The van der Waals surface area contributed by atoms with Gasteiger partial charge in [0.25, 0.3) is 0 Å². The van der Waals surface area contributed by atoms with E-state index >= 15 is 0 Å². The van der Waals surface area contributed by atoms with Gasteiger partial charge in [0.1, 0.15) is 6.07 Å². The molecule has 4 aromatic carbocycles. The number of rotatable bonds is 1. The zero-order valence-electron chi connectivity index (χ0n) is 17.0. The van der Waals surface area contributed by atoms with E-state index in [0.29, 0.717) is 5.56 Å². The standard InChI is InChI=1S/C28H20N2/c1-28(2)23-12-6-4-10-19(23)21-15-16-22-20-11-5-8-14-25(20)30(27(22)26(21)28)24-13-7-3-9-18(24)17-29/h3-16H,1-2H3. The summed E-state index contributed by atoms with van der Waals surface area (Å²) < 4.78 is 2.30. The zero-order valence-corrected chi connectivity index (χ0v) is 17.0. The predicted molar refractivity (Wildman–Crippen MR) is 123 cm³/mol. The summed E-state index contributed by atoms with van der Waals surface area (Å²) in [7, 11) is 0. The van der Waals surface area contributed by atoms with E-state index in [9.17, 15) is 5.26 Å². The quantitative estimate of drug-likeness (QED) is 0.307. The summed E-state index contributed by atoms with van der Waals surface area (Å²) >= 11 is 0. The molecule has 0 radical (unpaired) electrons. The van der Waals surface area contributed by atoms with Crippen molar-refractivity contribution in [2.75, 3.05) is 0 Å². The largest absolute Gasteiger partial charge is 0.308 e. The van der Waals surface area contributed by atoms with Gasteiger partial charge >= 0.3 is 0 Å². The van der Waals surface area contributed by atoms with Gasteiger partial charge in [0.15, 0.2) is 0 Å². The maximum absolute atomic E-state index is 9.84. The van der Waals surface area contributed by atoms with Gasteiger partial charge in [-0.25, -0.2) is 0 Å². The lowest BCUT2D eigenvalue weighted by Crippen LogP contribution is -2.16. The summed E-state index contributed by atoms with van der Waals surface area (Å²) in [4.78, 5) is 0. The van der Waals surface area contributed by atoms with Crippen LogP contribution in [0, 0.1) is 11.3 Å². The number of benzene rings is 4. The Morgan fingerprint density at radius 3 is 2.33 bits per heavy atom. The smallest absolute Gasteiger partial charge is 0.101 e. The van der Waals surface area contributed by atoms with Gasteiger partial charge in [-0.15, -0.1) is 0 Å². The summed E-state index contributed by atoms with van der Waals surface area (Å²) in [6.07, 6.45) is 0. The number of fused-ring (bicyclic) bond motifs is 7. The minimum atomic E-state index is -0.126. The highest BCUT2D eigenvalue weighted by Crippen LogP contribution is 2.52. The van der Waals surface area contributed by atoms with Gasteiger partial charge in [0.05, 0.1) is 22.3 Å². The van der Waals surface area contributed by atoms with Crippen molar-refractivity contribution in [3.8, 4) is 22.9 Å². The van der Waals surface area contributed by atoms with Crippen molar-refractivity contribution >= 4 is 21.8 Å². The van der Waals surface area contributed by atoms with Crippen molar-refractivity contribution in [3.05, 3.63) is 102 Å². The summed E-state index contributed by atoms with van der Waals surface area (Å²) in [6, 6.07) is 32.1. The molecule has 1 aromatic heterocycles. The average Bonchev–Trinajstić information content (AvgIpc) is 3.23. The Bertz CT molecular complexity index is 1530. The first kappa shape index (κ1) is 17.1. The minimum absolute atomic E-state index is 0.126. The van der Waals surface area contributed by atoms with Gasteiger partial charge in [0.2, 0.25) is 0 Å². The molecule has 0 bridgehead atoms. The molecule has 0 atom stereocenters. The topological polar surface area (TPSA) is 28.7 Å². The highest BCUT2D eigenvalue weighted by Gasteiger charge is 2.38. The minimum Gasteiger partial charge on any atom is -0.308 e. The van der Waals surface area contributed by atoms with Gasteiger partial charge in [-0.3, -0.25) is 0 Å². The van der Waals surface area contributed by atoms with Crippen molar-refractivity contribution in [1.29, 1.82) is 5.26 Å². The van der Waals surface area contributed by atoms with E-state index in [1.54, 1.807) is 0 Å². The number of hydrogen-bond acceptors (Lipinski definition) is 1. The Labute approximate surface area is 175 Å². The molecule has 0 N–H and O–H groups in total. The average molecular weight is 384 g/mol. The summed E-state index contributed by atoms with van der Waals surface area (Å²) in [5, 5.41) is 12.3. The molecule has 2 nitrogen and oxygen atoms in total. The molecule has 1 aliphatic carbocycles. The SMILES string of the molecule is CC1(C)c2ccccc2-c2ccc3c4ccccc4n(-c4ccccc4C#N)c3c21. The van der Waals surface area contributed by atoms with Crippen LogP contribution in [0.4, 0.5) is 0 Å². The highest BCUT2D eigenvalue weighted by atomic mass is 15.0. The van der Waals surface area contributed by atoms with Crippen LogP contribution < -0.4 is 0 Å². The number of para-hydroxylation sites is 2. The van der Waals surface area contributed by atoms with Crippen LogP contribution in [0.15, 0.2) is 84.9 Å². The Morgan fingerprint density at radius 1 is 0.733 bits per heavy atom. The molecule has 0 fully saturated rings. The zero-order chi connectivity index (χ0) is 20.5. The lowest BCUT2D eigenvalue weighted by Gasteiger charge is -2.23. The second-order valence-corrected chi connectivity index (χ2v) is 8.54. The molecule has 0 saturated heterocycles. The summed E-state index contributed by atoms with van der Waals surface area (Å²) in [6.45, 7) is 4.63. The number of hydrogen-bond donors (Lipinski definition) is 0. The van der Waals surface area contributed by atoms with Crippen LogP contribution in [-0.2, 0) is 5.41 Å². The fraction of sp³-hybridized carbons (Fsp3) is 0.107. The van der Waals surface area contributed by atoms with Gasteiger partial charge in [-0.2, -0.15) is 5.26 Å². The fourth-order valence-corrected chi connectivity index (χ4v) is 5.33. The number of nitriles is 1. The van der Waals surface area contributed by atoms with Crippen LogP contribution in [0.3, 0.4) is 0 Å². The second-order valence-electron chi connectivity index (χ2n) is 8.54. The van der Waals surface area contributed by atoms with E-state index in [1.807, 2.05) is 18.2 Å². The van der Waals surface area contributed by atoms with Crippen molar-refractivity contribution in [3.63, 3.8) is 0 Å². The number of aromatic nitrogens is 1. The molecule has 1 aliphatic rings. The van der Waals surface area contributed by atoms with Gasteiger partial charge in [-0.1, -0.05) is 80.6 Å². The van der Waals surface area contributed by atoms with Crippen molar-refractivity contribution < 1.29 is 0 Å². The third kappa shape index (κ3) is 2.02. The molecule has 5 aromatic rings. The first-order valence-corrected chi connectivity index (χ1v) is 10.3. The van der Waals surface area contributed by atoms with Crippen LogP contribution >= 0.6 is 0 Å². The molecular weight excluding hydrogens is 364 g/mol.